The third kappa shape index (κ3) is 4.20. The topological polar surface area (TPSA) is 82.5 Å². The number of hydrogen-bond donors (Lipinski definition) is 2. The highest BCUT2D eigenvalue weighted by atomic mass is 32.1. The smallest absolute Gasteiger partial charge is 0.317 e. The van der Waals surface area contributed by atoms with Crippen molar-refractivity contribution in [2.24, 2.45) is 5.92 Å². The Morgan fingerprint density at radius 1 is 1.58 bits per heavy atom. The predicted molar refractivity (Wildman–Crippen MR) is 70.9 cm³/mol. The summed E-state index contributed by atoms with van der Waals surface area (Å²) in [5.74, 6) is -0.731. The van der Waals surface area contributed by atoms with Crippen LogP contribution in [0.3, 0.4) is 0 Å². The molecule has 1 aliphatic rings. The van der Waals surface area contributed by atoms with Crippen molar-refractivity contribution in [2.45, 2.75) is 25.8 Å². The molecule has 6 nitrogen and oxygen atoms in total. The summed E-state index contributed by atoms with van der Waals surface area (Å²) in [5.41, 5.74) is 2.57. The molecule has 104 valence electrons. The maximum Gasteiger partial charge on any atom is 0.317 e. The van der Waals surface area contributed by atoms with Gasteiger partial charge >= 0.3 is 12.0 Å². The summed E-state index contributed by atoms with van der Waals surface area (Å²) in [7, 11) is 0. The van der Waals surface area contributed by atoms with Crippen LogP contribution in [0.1, 0.15) is 25.0 Å². The van der Waals surface area contributed by atoms with Gasteiger partial charge in [-0.3, -0.25) is 4.79 Å². The summed E-state index contributed by atoms with van der Waals surface area (Å²) < 4.78 is 0. The molecule has 1 atom stereocenters. The van der Waals surface area contributed by atoms with Crippen molar-refractivity contribution in [3.8, 4) is 0 Å². The van der Waals surface area contributed by atoms with Gasteiger partial charge in [0.05, 0.1) is 17.7 Å². The van der Waals surface area contributed by atoms with Crippen LogP contribution in [-0.2, 0) is 11.3 Å². The number of likely N-dealkylation sites (tertiary alicyclic amines) is 1. The minimum atomic E-state index is -0.797. The number of rotatable bonds is 4. The molecule has 0 aliphatic carbocycles. The van der Waals surface area contributed by atoms with Crippen molar-refractivity contribution >= 4 is 23.3 Å². The molecule has 2 heterocycles. The van der Waals surface area contributed by atoms with Gasteiger partial charge in [-0.15, -0.1) is 11.3 Å². The quantitative estimate of drug-likeness (QED) is 0.878. The Bertz CT molecular complexity index is 435. The fourth-order valence-electron chi connectivity index (χ4n) is 2.27. The number of aliphatic carboxylic acids is 1. The van der Waals surface area contributed by atoms with Crippen molar-refractivity contribution in [3.05, 3.63) is 16.6 Å². The van der Waals surface area contributed by atoms with Crippen LogP contribution in [0.25, 0.3) is 0 Å². The molecule has 2 N–H and O–H groups in total. The fourth-order valence-corrected chi connectivity index (χ4v) is 2.82. The molecule has 0 aromatic carbocycles. The SMILES string of the molecule is O=C(O)CC1CCCN(C(=O)NCc2cscn2)C1. The van der Waals surface area contributed by atoms with Crippen molar-refractivity contribution in [1.29, 1.82) is 0 Å². The van der Waals surface area contributed by atoms with Gasteiger partial charge in [0.1, 0.15) is 0 Å². The number of carboxylic acids is 1. The van der Waals surface area contributed by atoms with Crippen molar-refractivity contribution in [1.82, 2.24) is 15.2 Å². The summed E-state index contributed by atoms with van der Waals surface area (Å²) in [6.07, 6.45) is 1.88. The van der Waals surface area contributed by atoms with Gasteiger partial charge in [-0.2, -0.15) is 0 Å². The summed E-state index contributed by atoms with van der Waals surface area (Å²) in [5, 5.41) is 13.5. The summed E-state index contributed by atoms with van der Waals surface area (Å²) in [4.78, 5) is 28.5. The van der Waals surface area contributed by atoms with Crippen LogP contribution in [0.5, 0.6) is 0 Å². The fraction of sp³-hybridized carbons (Fsp3) is 0.583. The van der Waals surface area contributed by atoms with E-state index < -0.39 is 5.97 Å². The number of hydrogen-bond acceptors (Lipinski definition) is 4. The second kappa shape index (κ2) is 6.51. The molecule has 2 amide bonds. The molecule has 1 unspecified atom stereocenters. The average Bonchev–Trinajstić information content (AvgIpc) is 2.88. The Kier molecular flexibility index (Phi) is 4.73. The first-order chi connectivity index (χ1) is 9.15. The van der Waals surface area contributed by atoms with E-state index in [0.717, 1.165) is 18.5 Å². The average molecular weight is 283 g/mol. The van der Waals surface area contributed by atoms with E-state index in [0.29, 0.717) is 19.6 Å². The van der Waals surface area contributed by atoms with Crippen molar-refractivity contribution < 1.29 is 14.7 Å². The summed E-state index contributed by atoms with van der Waals surface area (Å²) >= 11 is 1.49. The third-order valence-corrected chi connectivity index (χ3v) is 3.81. The largest absolute Gasteiger partial charge is 0.481 e. The third-order valence-electron chi connectivity index (χ3n) is 3.17. The van der Waals surface area contributed by atoms with E-state index in [1.807, 2.05) is 5.38 Å². The molecular formula is C12H17N3O3S. The van der Waals surface area contributed by atoms with E-state index >= 15 is 0 Å². The lowest BCUT2D eigenvalue weighted by Gasteiger charge is -2.32. The highest BCUT2D eigenvalue weighted by Gasteiger charge is 2.25. The maximum atomic E-state index is 12.0. The molecule has 0 spiro atoms. The molecule has 19 heavy (non-hydrogen) atoms. The lowest BCUT2D eigenvalue weighted by molar-refractivity contribution is -0.138. The number of nitrogens with one attached hydrogen (secondary N) is 1. The van der Waals surface area contributed by atoms with E-state index in [4.69, 9.17) is 5.11 Å². The van der Waals surface area contributed by atoms with E-state index in [-0.39, 0.29) is 18.4 Å². The molecule has 1 aliphatic heterocycles. The number of aromatic nitrogens is 1. The minimum absolute atomic E-state index is 0.0660. The number of piperidine rings is 1. The molecule has 1 aromatic heterocycles. The summed E-state index contributed by atoms with van der Waals surface area (Å²) in [6, 6.07) is -0.136. The minimum Gasteiger partial charge on any atom is -0.481 e. The second-order valence-electron chi connectivity index (χ2n) is 4.69. The van der Waals surface area contributed by atoms with E-state index in [1.54, 1.807) is 10.4 Å². The lowest BCUT2D eigenvalue weighted by Crippen LogP contribution is -2.45. The number of carbonyl (C=O) groups is 2. The van der Waals surface area contributed by atoms with Gasteiger partial charge in [-0.25, -0.2) is 9.78 Å². The number of amides is 2. The Hall–Kier alpha value is -1.63. The zero-order valence-electron chi connectivity index (χ0n) is 10.5. The number of carboxylic acid groups (broad SMARTS) is 1. The Morgan fingerprint density at radius 3 is 3.11 bits per heavy atom. The first kappa shape index (κ1) is 13.8. The predicted octanol–water partition coefficient (Wildman–Crippen LogP) is 1.54. The zero-order valence-corrected chi connectivity index (χ0v) is 11.4. The van der Waals surface area contributed by atoms with Gasteiger partial charge < -0.3 is 15.3 Å². The van der Waals surface area contributed by atoms with Gasteiger partial charge in [-0.1, -0.05) is 0 Å². The van der Waals surface area contributed by atoms with Crippen LogP contribution in [0.2, 0.25) is 0 Å². The van der Waals surface area contributed by atoms with Crippen molar-refractivity contribution in [3.63, 3.8) is 0 Å². The van der Waals surface area contributed by atoms with Gasteiger partial charge in [-0.05, 0) is 18.8 Å². The second-order valence-corrected chi connectivity index (χ2v) is 5.41. The normalized spacial score (nSPS) is 19.2. The Labute approximate surface area is 115 Å². The molecule has 1 saturated heterocycles. The molecule has 2 rings (SSSR count). The Morgan fingerprint density at radius 2 is 2.42 bits per heavy atom. The highest BCUT2D eigenvalue weighted by Crippen LogP contribution is 2.19. The number of carbonyl (C=O) groups excluding carboxylic acids is 1. The van der Waals surface area contributed by atoms with Gasteiger partial charge in [0.25, 0.3) is 0 Å². The first-order valence-electron chi connectivity index (χ1n) is 6.27. The molecule has 7 heteroatoms. The van der Waals surface area contributed by atoms with Crippen molar-refractivity contribution in [2.75, 3.05) is 13.1 Å². The van der Waals surface area contributed by atoms with Crippen LogP contribution >= 0.6 is 11.3 Å². The monoisotopic (exact) mass is 283 g/mol. The summed E-state index contributed by atoms with van der Waals surface area (Å²) in [6.45, 7) is 1.64. The van der Waals surface area contributed by atoms with Crippen LogP contribution in [-0.4, -0.2) is 40.1 Å². The van der Waals surface area contributed by atoms with Gasteiger partial charge in [0.2, 0.25) is 0 Å². The first-order valence-corrected chi connectivity index (χ1v) is 7.21. The Balaban J connectivity index is 1.79. The van der Waals surface area contributed by atoms with Crippen LogP contribution in [0.4, 0.5) is 4.79 Å². The van der Waals surface area contributed by atoms with Gasteiger partial charge in [0.15, 0.2) is 0 Å². The zero-order chi connectivity index (χ0) is 13.7. The van der Waals surface area contributed by atoms with E-state index in [9.17, 15) is 9.59 Å². The highest BCUT2D eigenvalue weighted by molar-refractivity contribution is 7.07. The van der Waals surface area contributed by atoms with Crippen LogP contribution in [0, 0.1) is 5.92 Å². The molecule has 0 bridgehead atoms. The number of thiazole rings is 1. The molecule has 1 fully saturated rings. The van der Waals surface area contributed by atoms with Crippen LogP contribution < -0.4 is 5.32 Å². The standard InChI is InChI=1S/C12H17N3O3S/c16-11(17)4-9-2-1-3-15(6-9)12(18)13-5-10-7-19-8-14-10/h7-9H,1-6H2,(H,13,18)(H,16,17). The number of urea groups is 1. The molecule has 1 aromatic rings. The molecule has 0 saturated carbocycles. The molecular weight excluding hydrogens is 266 g/mol. The van der Waals surface area contributed by atoms with Gasteiger partial charge in [0, 0.05) is 24.9 Å². The van der Waals surface area contributed by atoms with E-state index in [1.165, 1.54) is 11.3 Å². The van der Waals surface area contributed by atoms with E-state index in [2.05, 4.69) is 10.3 Å². The van der Waals surface area contributed by atoms with Crippen LogP contribution in [0.15, 0.2) is 10.9 Å². The maximum absolute atomic E-state index is 12.0. The lowest BCUT2D eigenvalue weighted by atomic mass is 9.95. The molecule has 0 radical (unpaired) electrons. The number of nitrogens with zero attached hydrogens (tertiary/aromatic N) is 2.